The molecule has 1 fully saturated rings. The van der Waals surface area contributed by atoms with Crippen LogP contribution in [0, 0.1) is 0 Å². The smallest absolute Gasteiger partial charge is 0.254 e. The average molecular weight is 356 g/mol. The molecule has 0 saturated carbocycles. The van der Waals surface area contributed by atoms with Crippen LogP contribution in [-0.4, -0.2) is 58.8 Å². The molecule has 1 aliphatic rings. The van der Waals surface area contributed by atoms with Gasteiger partial charge in [-0.15, -0.1) is 0 Å². The number of carbonyl (C=O) groups excluding carboxylic acids is 1. The molecule has 1 N–H and O–H groups in total. The van der Waals surface area contributed by atoms with Crippen LogP contribution in [-0.2, 0) is 12.1 Å². The van der Waals surface area contributed by atoms with Gasteiger partial charge < -0.3 is 15.1 Å². The van der Waals surface area contributed by atoms with Crippen molar-refractivity contribution in [3.05, 3.63) is 41.9 Å². The summed E-state index contributed by atoms with van der Waals surface area (Å²) in [7, 11) is 2.14. The molecular weight excluding hydrogens is 328 g/mol. The molecule has 2 aromatic rings. The summed E-state index contributed by atoms with van der Waals surface area (Å²) in [6.45, 7) is 10.7. The molecule has 3 heterocycles. The second-order valence-electron chi connectivity index (χ2n) is 7.84. The number of hydrogen-bond acceptors (Lipinski definition) is 5. The quantitative estimate of drug-likeness (QED) is 0.903. The molecule has 0 atom stereocenters. The molecule has 7 heteroatoms. The monoisotopic (exact) mass is 356 g/mol. The van der Waals surface area contributed by atoms with E-state index >= 15 is 0 Å². The maximum atomic E-state index is 12.4. The van der Waals surface area contributed by atoms with Gasteiger partial charge in [-0.1, -0.05) is 0 Å². The van der Waals surface area contributed by atoms with Crippen molar-refractivity contribution in [2.75, 3.05) is 38.1 Å². The minimum absolute atomic E-state index is 0.113. The van der Waals surface area contributed by atoms with E-state index in [0.29, 0.717) is 12.1 Å². The zero-order valence-electron chi connectivity index (χ0n) is 16.1. The summed E-state index contributed by atoms with van der Waals surface area (Å²) in [5, 5.41) is 7.25. The Morgan fingerprint density at radius 2 is 1.96 bits per heavy atom. The van der Waals surface area contributed by atoms with Gasteiger partial charge in [0, 0.05) is 45.1 Å². The number of hydrogen-bond donors (Lipinski definition) is 1. The van der Waals surface area contributed by atoms with Crippen LogP contribution in [0.5, 0.6) is 0 Å². The van der Waals surface area contributed by atoms with Crippen molar-refractivity contribution in [2.24, 2.45) is 0 Å². The summed E-state index contributed by atoms with van der Waals surface area (Å²) in [4.78, 5) is 21.5. The predicted molar refractivity (Wildman–Crippen MR) is 102 cm³/mol. The Morgan fingerprint density at radius 3 is 2.62 bits per heavy atom. The third-order valence-electron chi connectivity index (χ3n) is 4.62. The van der Waals surface area contributed by atoms with E-state index in [0.717, 1.165) is 37.6 Å². The largest absolute Gasteiger partial charge is 0.354 e. The van der Waals surface area contributed by atoms with E-state index in [1.807, 2.05) is 12.3 Å². The molecule has 0 aromatic carbocycles. The number of anilines is 1. The molecule has 26 heavy (non-hydrogen) atoms. The summed E-state index contributed by atoms with van der Waals surface area (Å²) in [6.07, 6.45) is 5.22. The zero-order chi connectivity index (χ0) is 18.7. The first-order valence-corrected chi connectivity index (χ1v) is 9.05. The van der Waals surface area contributed by atoms with Gasteiger partial charge in [0.1, 0.15) is 5.82 Å². The van der Waals surface area contributed by atoms with Crippen molar-refractivity contribution in [1.82, 2.24) is 25.0 Å². The van der Waals surface area contributed by atoms with Crippen LogP contribution >= 0.6 is 0 Å². The third-order valence-corrected chi connectivity index (χ3v) is 4.62. The number of likely N-dealkylation sites (N-methyl/N-ethyl adjacent to an activating group) is 1. The normalized spacial score (nSPS) is 15.9. The summed E-state index contributed by atoms with van der Waals surface area (Å²) in [5.41, 5.74) is 1.49. The third kappa shape index (κ3) is 4.40. The van der Waals surface area contributed by atoms with Crippen LogP contribution < -0.4 is 10.2 Å². The number of nitrogens with zero attached hydrogens (tertiary/aromatic N) is 5. The lowest BCUT2D eigenvalue weighted by molar-refractivity contribution is 0.0950. The van der Waals surface area contributed by atoms with Crippen LogP contribution in [0.1, 0.15) is 36.7 Å². The highest BCUT2D eigenvalue weighted by Crippen LogP contribution is 2.15. The van der Waals surface area contributed by atoms with Crippen molar-refractivity contribution >= 4 is 11.7 Å². The Kier molecular flexibility index (Phi) is 5.27. The molecular formula is C19H28N6O. The lowest BCUT2D eigenvalue weighted by atomic mass is 10.1. The Labute approximate surface area is 155 Å². The van der Waals surface area contributed by atoms with Crippen molar-refractivity contribution in [3.63, 3.8) is 0 Å². The first-order valence-electron chi connectivity index (χ1n) is 9.05. The molecule has 7 nitrogen and oxygen atoms in total. The maximum Gasteiger partial charge on any atom is 0.254 e. The van der Waals surface area contributed by atoms with Gasteiger partial charge in [0.15, 0.2) is 0 Å². The van der Waals surface area contributed by atoms with Gasteiger partial charge in [-0.05, 0) is 45.5 Å². The topological polar surface area (TPSA) is 66.3 Å². The van der Waals surface area contributed by atoms with Gasteiger partial charge >= 0.3 is 0 Å². The van der Waals surface area contributed by atoms with Crippen molar-refractivity contribution in [1.29, 1.82) is 0 Å². The molecule has 1 saturated heterocycles. The molecule has 0 bridgehead atoms. The summed E-state index contributed by atoms with van der Waals surface area (Å²) < 4.78 is 1.81. The number of nitrogens with one attached hydrogen (secondary N) is 1. The summed E-state index contributed by atoms with van der Waals surface area (Å²) in [6, 6.07) is 4.00. The van der Waals surface area contributed by atoms with Crippen LogP contribution in [0.25, 0.3) is 0 Å². The van der Waals surface area contributed by atoms with Crippen molar-refractivity contribution in [2.45, 2.75) is 32.9 Å². The lowest BCUT2D eigenvalue weighted by Gasteiger charge is -2.33. The fraction of sp³-hybridized carbons (Fsp3) is 0.526. The summed E-state index contributed by atoms with van der Waals surface area (Å²) in [5.74, 6) is 0.865. The van der Waals surface area contributed by atoms with E-state index in [1.54, 1.807) is 17.1 Å². The molecule has 0 aliphatic carbocycles. The Morgan fingerprint density at radius 1 is 1.23 bits per heavy atom. The van der Waals surface area contributed by atoms with E-state index in [1.165, 1.54) is 0 Å². The van der Waals surface area contributed by atoms with Crippen LogP contribution in [0.4, 0.5) is 5.82 Å². The van der Waals surface area contributed by atoms with E-state index in [4.69, 9.17) is 0 Å². The first kappa shape index (κ1) is 18.4. The van der Waals surface area contributed by atoms with Crippen molar-refractivity contribution < 1.29 is 4.79 Å². The number of aromatic nitrogens is 3. The highest BCUT2D eigenvalue weighted by atomic mass is 16.1. The number of piperazine rings is 1. The lowest BCUT2D eigenvalue weighted by Crippen LogP contribution is -2.44. The van der Waals surface area contributed by atoms with Gasteiger partial charge in [-0.3, -0.25) is 9.48 Å². The van der Waals surface area contributed by atoms with Gasteiger partial charge in [0.2, 0.25) is 0 Å². The van der Waals surface area contributed by atoms with Gasteiger partial charge in [-0.2, -0.15) is 5.10 Å². The highest BCUT2D eigenvalue weighted by Gasteiger charge is 2.17. The fourth-order valence-corrected chi connectivity index (χ4v) is 2.87. The minimum Gasteiger partial charge on any atom is -0.354 e. The number of carbonyl (C=O) groups is 1. The second kappa shape index (κ2) is 7.45. The Balaban J connectivity index is 1.60. The first-order chi connectivity index (χ1) is 12.3. The van der Waals surface area contributed by atoms with Crippen LogP contribution in [0.15, 0.2) is 30.7 Å². The molecule has 0 radical (unpaired) electrons. The predicted octanol–water partition coefficient (Wildman–Crippen LogP) is 1.71. The molecule has 0 spiro atoms. The molecule has 140 valence electrons. The van der Waals surface area contributed by atoms with Crippen LogP contribution in [0.2, 0.25) is 0 Å². The fourth-order valence-electron chi connectivity index (χ4n) is 2.87. The average Bonchev–Trinajstić information content (AvgIpc) is 3.11. The zero-order valence-corrected chi connectivity index (χ0v) is 16.1. The molecule has 1 amide bonds. The van der Waals surface area contributed by atoms with E-state index < -0.39 is 0 Å². The molecule has 2 aromatic heterocycles. The van der Waals surface area contributed by atoms with E-state index in [-0.39, 0.29) is 11.4 Å². The van der Waals surface area contributed by atoms with E-state index in [2.05, 4.69) is 59.1 Å². The highest BCUT2D eigenvalue weighted by molar-refractivity contribution is 5.93. The van der Waals surface area contributed by atoms with Gasteiger partial charge in [-0.25, -0.2) is 4.98 Å². The SMILES string of the molecule is CN1CCN(c2cc(CNC(=O)c3cnn(C(C)(C)C)c3)ccn2)CC1. The number of rotatable bonds is 4. The van der Waals surface area contributed by atoms with Crippen LogP contribution in [0.3, 0.4) is 0 Å². The van der Waals surface area contributed by atoms with E-state index in [9.17, 15) is 4.79 Å². The molecule has 0 unspecified atom stereocenters. The second-order valence-corrected chi connectivity index (χ2v) is 7.84. The standard InChI is InChI=1S/C19H28N6O/c1-19(2,3)25-14-16(13-22-25)18(26)21-12-15-5-6-20-17(11-15)24-9-7-23(4)8-10-24/h5-6,11,13-14H,7-10,12H2,1-4H3,(H,21,26). The summed E-state index contributed by atoms with van der Waals surface area (Å²) >= 11 is 0. The maximum absolute atomic E-state index is 12.4. The Bertz CT molecular complexity index is 755. The number of pyridine rings is 1. The molecule has 1 aliphatic heterocycles. The Hall–Kier alpha value is -2.41. The van der Waals surface area contributed by atoms with Gasteiger partial charge in [0.05, 0.1) is 17.3 Å². The minimum atomic E-state index is -0.138. The number of amides is 1. The molecule has 3 rings (SSSR count). The van der Waals surface area contributed by atoms with Crippen molar-refractivity contribution in [3.8, 4) is 0 Å². The van der Waals surface area contributed by atoms with Gasteiger partial charge in [0.25, 0.3) is 5.91 Å².